The van der Waals surface area contributed by atoms with E-state index >= 15 is 0 Å². The fourth-order valence-corrected chi connectivity index (χ4v) is 3.63. The van der Waals surface area contributed by atoms with E-state index in [0.717, 1.165) is 17.9 Å². The lowest BCUT2D eigenvalue weighted by molar-refractivity contribution is -0.132. The molecule has 0 spiro atoms. The highest BCUT2D eigenvalue weighted by molar-refractivity contribution is 14.1. The summed E-state index contributed by atoms with van der Waals surface area (Å²) in [6.07, 6.45) is 3.31. The highest BCUT2D eigenvalue weighted by atomic mass is 127. The maximum absolute atomic E-state index is 10.9. The third-order valence-electron chi connectivity index (χ3n) is 2.52. The van der Waals surface area contributed by atoms with Crippen molar-refractivity contribution < 1.29 is 9.90 Å². The van der Waals surface area contributed by atoms with Crippen LogP contribution in [0.3, 0.4) is 0 Å². The monoisotopic (exact) mass is 465 g/mol. The summed E-state index contributed by atoms with van der Waals surface area (Å²) >= 11 is 4.53. The fraction of sp³-hybridized carbons (Fsp3) is 0.0769. The van der Waals surface area contributed by atoms with Crippen LogP contribution >= 0.6 is 45.2 Å². The van der Waals surface area contributed by atoms with Gasteiger partial charge in [0.15, 0.2) is 0 Å². The van der Waals surface area contributed by atoms with Crippen LogP contribution in [0.25, 0.3) is 16.8 Å². The molecule has 1 N–H and O–H groups in total. The predicted molar refractivity (Wildman–Crippen MR) is 88.5 cm³/mol. The molecule has 0 amide bonds. The fourth-order valence-electron chi connectivity index (χ4n) is 1.61. The third-order valence-corrected chi connectivity index (χ3v) is 4.03. The van der Waals surface area contributed by atoms with Crippen LogP contribution in [0, 0.1) is 7.14 Å². The van der Waals surface area contributed by atoms with Gasteiger partial charge in [-0.1, -0.05) is 0 Å². The second-order valence-electron chi connectivity index (χ2n) is 3.81. The van der Waals surface area contributed by atoms with Gasteiger partial charge < -0.3 is 5.11 Å². The molecule has 5 heteroatoms. The molecular weight excluding hydrogens is 456 g/mol. The first-order valence-corrected chi connectivity index (χ1v) is 7.30. The van der Waals surface area contributed by atoms with Crippen molar-refractivity contribution in [1.82, 2.24) is 4.98 Å². The first kappa shape index (κ1) is 13.7. The van der Waals surface area contributed by atoms with Crippen molar-refractivity contribution in [1.29, 1.82) is 0 Å². The van der Waals surface area contributed by atoms with Gasteiger partial charge in [-0.3, -0.25) is 4.98 Å². The molecule has 0 bridgehead atoms. The lowest BCUT2D eigenvalue weighted by Gasteiger charge is -2.05. The molecular formula is C13H9I2NO2. The number of fused-ring (bicyclic) bond motifs is 1. The number of carbonyl (C=O) groups is 1. The van der Waals surface area contributed by atoms with E-state index < -0.39 is 5.97 Å². The summed E-state index contributed by atoms with van der Waals surface area (Å²) in [5.41, 5.74) is 0.979. The van der Waals surface area contributed by atoms with Crippen LogP contribution in [-0.4, -0.2) is 16.1 Å². The lowest BCUT2D eigenvalue weighted by atomic mass is 10.1. The number of pyridine rings is 1. The normalized spacial score (nSPS) is 11.8. The average molecular weight is 465 g/mol. The van der Waals surface area contributed by atoms with Crippen LogP contribution in [0.1, 0.15) is 12.6 Å². The maximum Gasteiger partial charge on any atom is 0.331 e. The lowest BCUT2D eigenvalue weighted by Crippen LogP contribution is -1.97. The number of hydrogen-bond acceptors (Lipinski definition) is 2. The Morgan fingerprint density at radius 3 is 2.72 bits per heavy atom. The largest absolute Gasteiger partial charge is 0.478 e. The Hall–Kier alpha value is -0.700. The minimum absolute atomic E-state index is 0.281. The average Bonchev–Trinajstić information content (AvgIpc) is 2.29. The zero-order valence-corrected chi connectivity index (χ0v) is 13.8. The summed E-state index contributed by atoms with van der Waals surface area (Å²) in [5.74, 6) is -0.922. The summed E-state index contributed by atoms with van der Waals surface area (Å²) in [6, 6.07) is 6.05. The first-order chi connectivity index (χ1) is 8.49. The molecule has 0 unspecified atom stereocenters. The SMILES string of the molecule is CC(=Cc1nccc2c(I)cc(I)cc12)C(=O)O. The van der Waals surface area contributed by atoms with Gasteiger partial charge >= 0.3 is 5.97 Å². The van der Waals surface area contributed by atoms with Gasteiger partial charge in [-0.2, -0.15) is 0 Å². The van der Waals surface area contributed by atoms with Crippen molar-refractivity contribution in [2.24, 2.45) is 0 Å². The summed E-state index contributed by atoms with van der Waals surface area (Å²) in [6.45, 7) is 1.57. The number of hydrogen-bond donors (Lipinski definition) is 1. The van der Waals surface area contributed by atoms with Crippen molar-refractivity contribution in [3.05, 3.63) is 42.8 Å². The number of nitrogens with zero attached hydrogens (tertiary/aromatic N) is 1. The van der Waals surface area contributed by atoms with E-state index in [-0.39, 0.29) is 5.57 Å². The summed E-state index contributed by atoms with van der Waals surface area (Å²) in [4.78, 5) is 15.1. The van der Waals surface area contributed by atoms with Crippen LogP contribution in [0.5, 0.6) is 0 Å². The molecule has 0 saturated carbocycles. The predicted octanol–water partition coefficient (Wildman–Crippen LogP) is 3.93. The zero-order chi connectivity index (χ0) is 13.3. The first-order valence-electron chi connectivity index (χ1n) is 5.14. The molecule has 0 aliphatic rings. The van der Waals surface area contributed by atoms with E-state index in [0.29, 0.717) is 5.69 Å². The second-order valence-corrected chi connectivity index (χ2v) is 6.22. The van der Waals surface area contributed by atoms with Gasteiger partial charge in [0.1, 0.15) is 0 Å². The molecule has 0 saturated heterocycles. The molecule has 1 aromatic heterocycles. The Kier molecular flexibility index (Phi) is 4.21. The Balaban J connectivity index is 2.73. The van der Waals surface area contributed by atoms with E-state index in [9.17, 15) is 4.79 Å². The maximum atomic E-state index is 10.9. The number of aliphatic carboxylic acids is 1. The van der Waals surface area contributed by atoms with E-state index in [1.165, 1.54) is 0 Å². The van der Waals surface area contributed by atoms with Crippen molar-refractivity contribution in [3.8, 4) is 0 Å². The van der Waals surface area contributed by atoms with Gasteiger partial charge in [0.05, 0.1) is 5.69 Å². The molecule has 0 radical (unpaired) electrons. The second kappa shape index (κ2) is 5.52. The number of halogens is 2. The third kappa shape index (κ3) is 2.82. The molecule has 92 valence electrons. The number of benzene rings is 1. The molecule has 1 aromatic carbocycles. The molecule has 0 atom stereocenters. The molecule has 1 heterocycles. The molecule has 0 aliphatic heterocycles. The van der Waals surface area contributed by atoms with Gasteiger partial charge in [-0.15, -0.1) is 0 Å². The van der Waals surface area contributed by atoms with Crippen molar-refractivity contribution in [3.63, 3.8) is 0 Å². The molecule has 3 nitrogen and oxygen atoms in total. The molecule has 2 aromatic rings. The van der Waals surface area contributed by atoms with E-state index in [1.807, 2.05) is 12.1 Å². The Labute approximate surface area is 132 Å². The van der Waals surface area contributed by atoms with Crippen LogP contribution in [0.4, 0.5) is 0 Å². The van der Waals surface area contributed by atoms with Crippen molar-refractivity contribution in [2.75, 3.05) is 0 Å². The smallest absolute Gasteiger partial charge is 0.331 e. The van der Waals surface area contributed by atoms with E-state index in [2.05, 4.69) is 56.2 Å². The molecule has 18 heavy (non-hydrogen) atoms. The van der Waals surface area contributed by atoms with Gasteiger partial charge in [0.25, 0.3) is 0 Å². The molecule has 0 fully saturated rings. The Bertz CT molecular complexity index is 665. The van der Waals surface area contributed by atoms with Crippen LogP contribution in [0.15, 0.2) is 30.0 Å². The Morgan fingerprint density at radius 1 is 1.33 bits per heavy atom. The number of aromatic nitrogens is 1. The Morgan fingerprint density at radius 2 is 2.06 bits per heavy atom. The van der Waals surface area contributed by atoms with E-state index in [1.54, 1.807) is 19.2 Å². The van der Waals surface area contributed by atoms with Gasteiger partial charge in [-0.05, 0) is 81.8 Å². The van der Waals surface area contributed by atoms with Gasteiger partial charge in [-0.25, -0.2) is 4.79 Å². The van der Waals surface area contributed by atoms with Gasteiger partial charge in [0, 0.05) is 24.3 Å². The minimum Gasteiger partial charge on any atom is -0.478 e. The standard InChI is InChI=1S/C13H9I2NO2/c1-7(13(17)18)4-12-10-5-8(14)6-11(15)9(10)2-3-16-12/h2-6H,1H3,(H,17,18). The van der Waals surface area contributed by atoms with Crippen molar-refractivity contribution in [2.45, 2.75) is 6.92 Å². The van der Waals surface area contributed by atoms with Crippen LogP contribution < -0.4 is 0 Å². The number of carboxylic acids is 1. The summed E-state index contributed by atoms with van der Waals surface area (Å²) in [7, 11) is 0. The van der Waals surface area contributed by atoms with Crippen LogP contribution in [0.2, 0.25) is 0 Å². The van der Waals surface area contributed by atoms with Gasteiger partial charge in [0.2, 0.25) is 0 Å². The topological polar surface area (TPSA) is 50.2 Å². The molecule has 0 aliphatic carbocycles. The minimum atomic E-state index is -0.922. The number of rotatable bonds is 2. The zero-order valence-electron chi connectivity index (χ0n) is 9.45. The van der Waals surface area contributed by atoms with Crippen molar-refractivity contribution >= 4 is 68.0 Å². The molecule has 2 rings (SSSR count). The van der Waals surface area contributed by atoms with Crippen LogP contribution in [-0.2, 0) is 4.79 Å². The van der Waals surface area contributed by atoms with E-state index in [4.69, 9.17) is 5.11 Å². The number of carboxylic acid groups (broad SMARTS) is 1. The highest BCUT2D eigenvalue weighted by Gasteiger charge is 2.07. The summed E-state index contributed by atoms with van der Waals surface area (Å²) < 4.78 is 2.25. The summed E-state index contributed by atoms with van der Waals surface area (Å²) in [5, 5.41) is 11.0. The quantitative estimate of drug-likeness (QED) is 0.541. The highest BCUT2D eigenvalue weighted by Crippen LogP contribution is 2.26.